The molecule has 0 aliphatic carbocycles. The molecular weight excluding hydrogens is 256 g/mol. The smallest absolute Gasteiger partial charge is 0.0907 e. The summed E-state index contributed by atoms with van der Waals surface area (Å²) in [4.78, 5) is 4.50. The lowest BCUT2D eigenvalue weighted by atomic mass is 9.99. The Kier molecular flexibility index (Phi) is 3.46. The molecule has 2 heterocycles. The van der Waals surface area contributed by atoms with E-state index in [-0.39, 0.29) is 0 Å². The van der Waals surface area contributed by atoms with Crippen LogP contribution in [0.4, 0.5) is 5.69 Å². The van der Waals surface area contributed by atoms with Gasteiger partial charge in [0.1, 0.15) is 0 Å². The minimum absolute atomic E-state index is 0.343. The van der Waals surface area contributed by atoms with Crippen molar-refractivity contribution in [3.8, 4) is 0 Å². The number of nitrogens with zero attached hydrogens (tertiary/aromatic N) is 1. The van der Waals surface area contributed by atoms with Crippen LogP contribution in [0.3, 0.4) is 0 Å². The average Bonchev–Trinajstić information content (AvgIpc) is 2.67. The summed E-state index contributed by atoms with van der Waals surface area (Å²) in [6.45, 7) is 6.36. The third kappa shape index (κ3) is 2.90. The molecule has 0 amide bonds. The number of rotatable bonds is 2. The SMILES string of the molecule is Cc1nc2ccc(NC3CC(C)OC(C)C3)cc2s1. The molecule has 1 aromatic heterocycles. The summed E-state index contributed by atoms with van der Waals surface area (Å²) in [5.74, 6) is 0. The molecule has 1 aliphatic heterocycles. The number of hydrogen-bond donors (Lipinski definition) is 1. The summed E-state index contributed by atoms with van der Waals surface area (Å²) in [6, 6.07) is 6.95. The second-order valence-corrected chi connectivity index (χ2v) is 6.72. The first-order valence-corrected chi connectivity index (χ1v) is 7.71. The third-order valence-electron chi connectivity index (χ3n) is 3.56. The largest absolute Gasteiger partial charge is 0.382 e. The highest BCUT2D eigenvalue weighted by atomic mass is 32.1. The number of hydrogen-bond acceptors (Lipinski definition) is 4. The Bertz CT molecular complexity index is 571. The van der Waals surface area contributed by atoms with Gasteiger partial charge >= 0.3 is 0 Å². The van der Waals surface area contributed by atoms with Crippen LogP contribution in [0.5, 0.6) is 0 Å². The molecule has 3 nitrogen and oxygen atoms in total. The predicted octanol–water partition coefficient (Wildman–Crippen LogP) is 3.97. The summed E-state index contributed by atoms with van der Waals surface area (Å²) in [6.07, 6.45) is 2.83. The Morgan fingerprint density at radius 2 is 2.00 bits per heavy atom. The van der Waals surface area contributed by atoms with Crippen molar-refractivity contribution < 1.29 is 4.74 Å². The maximum Gasteiger partial charge on any atom is 0.0907 e. The number of aryl methyl sites for hydroxylation is 1. The van der Waals surface area contributed by atoms with Crippen molar-refractivity contribution in [2.24, 2.45) is 0 Å². The molecule has 4 heteroatoms. The van der Waals surface area contributed by atoms with Gasteiger partial charge in [0.2, 0.25) is 0 Å². The normalized spacial score (nSPS) is 27.6. The summed E-state index contributed by atoms with van der Waals surface area (Å²) in [7, 11) is 0. The quantitative estimate of drug-likeness (QED) is 0.901. The first-order valence-electron chi connectivity index (χ1n) is 6.89. The van der Waals surface area contributed by atoms with Crippen LogP contribution in [0.2, 0.25) is 0 Å². The lowest BCUT2D eigenvalue weighted by Crippen LogP contribution is -2.36. The van der Waals surface area contributed by atoms with Crippen LogP contribution in [0, 0.1) is 6.92 Å². The fraction of sp³-hybridized carbons (Fsp3) is 0.533. The van der Waals surface area contributed by atoms with Gasteiger partial charge in [0.25, 0.3) is 0 Å². The molecule has 0 bridgehead atoms. The van der Waals surface area contributed by atoms with Crippen LogP contribution in [-0.4, -0.2) is 23.2 Å². The minimum atomic E-state index is 0.343. The van der Waals surface area contributed by atoms with Crippen LogP contribution < -0.4 is 5.32 Å². The molecule has 19 heavy (non-hydrogen) atoms. The number of anilines is 1. The van der Waals surface area contributed by atoms with Gasteiger partial charge < -0.3 is 10.1 Å². The topological polar surface area (TPSA) is 34.2 Å². The molecule has 2 aromatic rings. The Balaban J connectivity index is 1.77. The molecule has 1 N–H and O–H groups in total. The number of benzene rings is 1. The molecule has 3 rings (SSSR count). The zero-order valence-electron chi connectivity index (χ0n) is 11.6. The third-order valence-corrected chi connectivity index (χ3v) is 4.50. The van der Waals surface area contributed by atoms with Crippen molar-refractivity contribution in [2.75, 3.05) is 5.32 Å². The van der Waals surface area contributed by atoms with E-state index in [1.807, 2.05) is 0 Å². The van der Waals surface area contributed by atoms with Crippen molar-refractivity contribution in [3.63, 3.8) is 0 Å². The van der Waals surface area contributed by atoms with Gasteiger partial charge in [-0.2, -0.15) is 0 Å². The summed E-state index contributed by atoms with van der Waals surface area (Å²) >= 11 is 1.75. The second kappa shape index (κ2) is 5.10. The van der Waals surface area contributed by atoms with E-state index in [0.717, 1.165) is 23.4 Å². The highest BCUT2D eigenvalue weighted by molar-refractivity contribution is 7.18. The highest BCUT2D eigenvalue weighted by Crippen LogP contribution is 2.27. The van der Waals surface area contributed by atoms with Gasteiger partial charge in [-0.3, -0.25) is 0 Å². The van der Waals surface area contributed by atoms with Gasteiger partial charge in [-0.1, -0.05) is 0 Å². The lowest BCUT2D eigenvalue weighted by molar-refractivity contribution is -0.0337. The van der Waals surface area contributed by atoms with E-state index in [2.05, 4.69) is 49.3 Å². The standard InChI is InChI=1S/C15H20N2OS/c1-9-6-13(7-10(2)18-9)17-12-4-5-14-15(8-12)19-11(3)16-14/h4-5,8-10,13,17H,6-7H2,1-3H3. The molecule has 2 unspecified atom stereocenters. The van der Waals surface area contributed by atoms with Crippen molar-refractivity contribution >= 4 is 27.2 Å². The van der Waals surface area contributed by atoms with Crippen LogP contribution in [0.25, 0.3) is 10.2 Å². The molecule has 1 aliphatic rings. The molecule has 0 radical (unpaired) electrons. The molecule has 0 spiro atoms. The maximum absolute atomic E-state index is 5.78. The van der Waals surface area contributed by atoms with E-state index in [1.54, 1.807) is 11.3 Å². The average molecular weight is 276 g/mol. The summed E-state index contributed by atoms with van der Waals surface area (Å²) < 4.78 is 7.04. The lowest BCUT2D eigenvalue weighted by Gasteiger charge is -2.33. The minimum Gasteiger partial charge on any atom is -0.382 e. The maximum atomic E-state index is 5.78. The molecule has 1 saturated heterocycles. The van der Waals surface area contributed by atoms with Gasteiger partial charge in [0.15, 0.2) is 0 Å². The predicted molar refractivity (Wildman–Crippen MR) is 81.0 cm³/mol. The highest BCUT2D eigenvalue weighted by Gasteiger charge is 2.24. The Hall–Kier alpha value is -1.13. The monoisotopic (exact) mass is 276 g/mol. The first-order chi connectivity index (χ1) is 9.10. The first kappa shape index (κ1) is 12.9. The van der Waals surface area contributed by atoms with E-state index < -0.39 is 0 Å². The zero-order valence-corrected chi connectivity index (χ0v) is 12.5. The van der Waals surface area contributed by atoms with Crippen LogP contribution in [0.15, 0.2) is 18.2 Å². The van der Waals surface area contributed by atoms with Crippen molar-refractivity contribution in [1.29, 1.82) is 0 Å². The molecular formula is C15H20N2OS. The van der Waals surface area contributed by atoms with E-state index in [9.17, 15) is 0 Å². The number of aromatic nitrogens is 1. The number of thiazole rings is 1. The van der Waals surface area contributed by atoms with Crippen LogP contribution >= 0.6 is 11.3 Å². The summed E-state index contributed by atoms with van der Waals surface area (Å²) in [5, 5.41) is 4.77. The molecule has 1 aromatic carbocycles. The molecule has 102 valence electrons. The molecule has 2 atom stereocenters. The van der Waals surface area contributed by atoms with Gasteiger partial charge in [-0.05, 0) is 51.8 Å². The summed E-state index contributed by atoms with van der Waals surface area (Å²) in [5.41, 5.74) is 2.30. The fourth-order valence-corrected chi connectivity index (χ4v) is 3.75. The second-order valence-electron chi connectivity index (χ2n) is 5.49. The Morgan fingerprint density at radius 3 is 2.74 bits per heavy atom. The Morgan fingerprint density at radius 1 is 1.26 bits per heavy atom. The van der Waals surface area contributed by atoms with Gasteiger partial charge in [0, 0.05) is 11.7 Å². The fourth-order valence-electron chi connectivity index (χ4n) is 2.89. The molecule has 0 saturated carbocycles. The number of ether oxygens (including phenoxy) is 1. The van der Waals surface area contributed by atoms with Crippen LogP contribution in [0.1, 0.15) is 31.7 Å². The van der Waals surface area contributed by atoms with Crippen LogP contribution in [-0.2, 0) is 4.74 Å². The zero-order chi connectivity index (χ0) is 13.4. The molecule has 1 fully saturated rings. The number of nitrogens with one attached hydrogen (secondary N) is 1. The van der Waals surface area contributed by atoms with Gasteiger partial charge in [-0.15, -0.1) is 11.3 Å². The van der Waals surface area contributed by atoms with E-state index in [1.165, 1.54) is 10.4 Å². The van der Waals surface area contributed by atoms with Crippen molar-refractivity contribution in [1.82, 2.24) is 4.98 Å². The van der Waals surface area contributed by atoms with E-state index >= 15 is 0 Å². The van der Waals surface area contributed by atoms with E-state index in [4.69, 9.17) is 4.74 Å². The van der Waals surface area contributed by atoms with Gasteiger partial charge in [0.05, 0.1) is 27.4 Å². The van der Waals surface area contributed by atoms with E-state index in [0.29, 0.717) is 18.2 Å². The van der Waals surface area contributed by atoms with Crippen molar-refractivity contribution in [2.45, 2.75) is 51.9 Å². The van der Waals surface area contributed by atoms with Gasteiger partial charge in [-0.25, -0.2) is 4.98 Å². The Labute approximate surface area is 118 Å². The number of fused-ring (bicyclic) bond motifs is 1. The van der Waals surface area contributed by atoms with Crippen molar-refractivity contribution in [3.05, 3.63) is 23.2 Å².